The van der Waals surface area contributed by atoms with Gasteiger partial charge in [-0.05, 0) is 12.1 Å². The molecule has 3 nitrogen and oxygen atoms in total. The van der Waals surface area contributed by atoms with Gasteiger partial charge < -0.3 is 4.98 Å². The first-order chi connectivity index (χ1) is 9.78. The lowest BCUT2D eigenvalue weighted by Gasteiger charge is -1.98. The van der Waals surface area contributed by atoms with Crippen LogP contribution in [0.15, 0.2) is 54.6 Å². The molecule has 0 bridgehead atoms. The third-order valence-electron chi connectivity index (χ3n) is 2.97. The molecule has 1 heterocycles. The number of nitriles is 1. The van der Waals surface area contributed by atoms with Crippen molar-refractivity contribution in [2.75, 3.05) is 0 Å². The Bertz CT molecular complexity index is 785. The van der Waals surface area contributed by atoms with Gasteiger partial charge in [0.1, 0.15) is 11.9 Å². The van der Waals surface area contributed by atoms with Crippen LogP contribution in [-0.2, 0) is 0 Å². The Balaban J connectivity index is 2.13. The Kier molecular flexibility index (Phi) is 3.24. The van der Waals surface area contributed by atoms with Gasteiger partial charge in [-0.2, -0.15) is 5.26 Å². The van der Waals surface area contributed by atoms with E-state index in [4.69, 9.17) is 11.6 Å². The minimum Gasteiger partial charge on any atom is -0.337 e. The van der Waals surface area contributed by atoms with Gasteiger partial charge in [0.15, 0.2) is 5.69 Å². The molecule has 0 radical (unpaired) electrons. The molecule has 1 aromatic heterocycles. The number of aromatic nitrogens is 2. The van der Waals surface area contributed by atoms with Crippen molar-refractivity contribution >= 4 is 11.6 Å². The van der Waals surface area contributed by atoms with Crippen LogP contribution >= 0.6 is 11.6 Å². The summed E-state index contributed by atoms with van der Waals surface area (Å²) in [6.07, 6.45) is 0. The molecular formula is C16H10ClN3. The average Bonchev–Trinajstić information content (AvgIpc) is 2.92. The number of nitrogens with one attached hydrogen (secondary N) is 1. The van der Waals surface area contributed by atoms with Crippen molar-refractivity contribution in [3.63, 3.8) is 0 Å². The number of hydrogen-bond donors (Lipinski definition) is 1. The van der Waals surface area contributed by atoms with E-state index in [0.717, 1.165) is 16.8 Å². The maximum Gasteiger partial charge on any atom is 0.166 e. The SMILES string of the molecule is N#Cc1nc(-c2cccc(Cl)c2)[nH]c1-c1ccccc1. The van der Waals surface area contributed by atoms with E-state index in [1.165, 1.54) is 0 Å². The maximum absolute atomic E-state index is 9.24. The Morgan fingerprint density at radius 2 is 1.75 bits per heavy atom. The number of benzene rings is 2. The minimum absolute atomic E-state index is 0.381. The number of nitrogens with zero attached hydrogens (tertiary/aromatic N) is 2. The molecule has 0 unspecified atom stereocenters. The number of aromatic amines is 1. The van der Waals surface area contributed by atoms with Crippen LogP contribution in [0.5, 0.6) is 0 Å². The fraction of sp³-hybridized carbons (Fsp3) is 0. The zero-order chi connectivity index (χ0) is 13.9. The van der Waals surface area contributed by atoms with Gasteiger partial charge in [-0.25, -0.2) is 4.98 Å². The van der Waals surface area contributed by atoms with E-state index < -0.39 is 0 Å². The Morgan fingerprint density at radius 1 is 1.00 bits per heavy atom. The fourth-order valence-electron chi connectivity index (χ4n) is 2.04. The average molecular weight is 280 g/mol. The van der Waals surface area contributed by atoms with E-state index in [-0.39, 0.29) is 0 Å². The Labute approximate surface area is 121 Å². The monoisotopic (exact) mass is 279 g/mol. The second-order valence-electron chi connectivity index (χ2n) is 4.30. The first kappa shape index (κ1) is 12.5. The highest BCUT2D eigenvalue weighted by Gasteiger charge is 2.12. The summed E-state index contributed by atoms with van der Waals surface area (Å²) in [6.45, 7) is 0. The van der Waals surface area contributed by atoms with Gasteiger partial charge in [-0.15, -0.1) is 0 Å². The molecule has 0 amide bonds. The van der Waals surface area contributed by atoms with Gasteiger partial charge >= 0.3 is 0 Å². The molecule has 3 rings (SSSR count). The normalized spacial score (nSPS) is 10.2. The van der Waals surface area contributed by atoms with Crippen LogP contribution in [0.1, 0.15) is 5.69 Å². The molecule has 20 heavy (non-hydrogen) atoms. The molecule has 0 atom stereocenters. The van der Waals surface area contributed by atoms with E-state index in [1.54, 1.807) is 6.07 Å². The molecule has 3 aromatic rings. The van der Waals surface area contributed by atoms with Crippen LogP contribution in [0.4, 0.5) is 0 Å². The third-order valence-corrected chi connectivity index (χ3v) is 3.21. The summed E-state index contributed by atoms with van der Waals surface area (Å²) < 4.78 is 0. The van der Waals surface area contributed by atoms with Crippen molar-refractivity contribution in [3.05, 3.63) is 65.3 Å². The summed E-state index contributed by atoms with van der Waals surface area (Å²) in [5, 5.41) is 9.87. The summed E-state index contributed by atoms with van der Waals surface area (Å²) in [5.41, 5.74) is 2.90. The van der Waals surface area contributed by atoms with Crippen molar-refractivity contribution in [2.45, 2.75) is 0 Å². The van der Waals surface area contributed by atoms with Crippen LogP contribution in [0.2, 0.25) is 5.02 Å². The number of rotatable bonds is 2. The number of H-pyrrole nitrogens is 1. The van der Waals surface area contributed by atoms with Gasteiger partial charge in [0, 0.05) is 16.1 Å². The molecule has 1 N–H and O–H groups in total. The van der Waals surface area contributed by atoms with Crippen LogP contribution in [0.25, 0.3) is 22.6 Å². The molecule has 0 saturated carbocycles. The molecule has 0 aliphatic carbocycles. The molecule has 0 saturated heterocycles. The lowest BCUT2D eigenvalue weighted by Crippen LogP contribution is -1.81. The van der Waals surface area contributed by atoms with Crippen LogP contribution in [0.3, 0.4) is 0 Å². The Hall–Kier alpha value is -2.57. The van der Waals surface area contributed by atoms with E-state index in [9.17, 15) is 5.26 Å². The van der Waals surface area contributed by atoms with Gasteiger partial charge in [0.2, 0.25) is 0 Å². The van der Waals surface area contributed by atoms with E-state index in [2.05, 4.69) is 16.0 Å². The predicted octanol–water partition coefficient (Wildman–Crippen LogP) is 4.27. The van der Waals surface area contributed by atoms with Gasteiger partial charge in [-0.1, -0.05) is 54.1 Å². The minimum atomic E-state index is 0.381. The van der Waals surface area contributed by atoms with Crippen molar-refractivity contribution in [3.8, 4) is 28.7 Å². The standard InChI is InChI=1S/C16H10ClN3/c17-13-8-4-7-12(9-13)16-19-14(10-18)15(20-16)11-5-2-1-3-6-11/h1-9H,(H,19,20). The highest BCUT2D eigenvalue weighted by Crippen LogP contribution is 2.26. The van der Waals surface area contributed by atoms with Gasteiger partial charge in [0.25, 0.3) is 0 Å². The molecule has 2 aromatic carbocycles. The molecule has 0 aliphatic heterocycles. The van der Waals surface area contributed by atoms with E-state index in [1.807, 2.05) is 48.5 Å². The van der Waals surface area contributed by atoms with Crippen LogP contribution in [-0.4, -0.2) is 9.97 Å². The van der Waals surface area contributed by atoms with Crippen molar-refractivity contribution in [1.82, 2.24) is 9.97 Å². The van der Waals surface area contributed by atoms with E-state index in [0.29, 0.717) is 16.5 Å². The molecule has 0 aliphatic rings. The predicted molar refractivity (Wildman–Crippen MR) is 79.2 cm³/mol. The molecular weight excluding hydrogens is 270 g/mol. The Morgan fingerprint density at radius 3 is 2.45 bits per heavy atom. The van der Waals surface area contributed by atoms with Crippen LogP contribution in [0, 0.1) is 11.3 Å². The number of halogens is 1. The molecule has 96 valence electrons. The summed E-state index contributed by atoms with van der Waals surface area (Å²) in [5.74, 6) is 0.642. The molecule has 4 heteroatoms. The van der Waals surface area contributed by atoms with Gasteiger partial charge in [-0.3, -0.25) is 0 Å². The third kappa shape index (κ3) is 2.29. The summed E-state index contributed by atoms with van der Waals surface area (Å²) >= 11 is 5.99. The molecule has 0 spiro atoms. The van der Waals surface area contributed by atoms with Crippen molar-refractivity contribution in [2.24, 2.45) is 0 Å². The molecule has 0 fully saturated rings. The lowest BCUT2D eigenvalue weighted by molar-refractivity contribution is 1.29. The first-order valence-corrected chi connectivity index (χ1v) is 6.47. The quantitative estimate of drug-likeness (QED) is 0.761. The smallest absolute Gasteiger partial charge is 0.166 e. The maximum atomic E-state index is 9.24. The number of hydrogen-bond acceptors (Lipinski definition) is 2. The zero-order valence-electron chi connectivity index (χ0n) is 10.5. The highest BCUT2D eigenvalue weighted by atomic mass is 35.5. The lowest BCUT2D eigenvalue weighted by atomic mass is 10.1. The second-order valence-corrected chi connectivity index (χ2v) is 4.73. The summed E-state index contributed by atoms with van der Waals surface area (Å²) in [7, 11) is 0. The zero-order valence-corrected chi connectivity index (χ0v) is 11.2. The number of imidazole rings is 1. The highest BCUT2D eigenvalue weighted by molar-refractivity contribution is 6.30. The van der Waals surface area contributed by atoms with E-state index >= 15 is 0 Å². The van der Waals surface area contributed by atoms with Gasteiger partial charge in [0.05, 0.1) is 5.69 Å². The fourth-order valence-corrected chi connectivity index (χ4v) is 2.23. The topological polar surface area (TPSA) is 52.5 Å². The van der Waals surface area contributed by atoms with Crippen molar-refractivity contribution in [1.29, 1.82) is 5.26 Å². The van der Waals surface area contributed by atoms with Crippen molar-refractivity contribution < 1.29 is 0 Å². The largest absolute Gasteiger partial charge is 0.337 e. The second kappa shape index (κ2) is 5.20. The van der Waals surface area contributed by atoms with Crippen LogP contribution < -0.4 is 0 Å². The summed E-state index contributed by atoms with van der Waals surface area (Å²) in [4.78, 5) is 7.54. The first-order valence-electron chi connectivity index (χ1n) is 6.09. The summed E-state index contributed by atoms with van der Waals surface area (Å²) in [6, 6.07) is 19.2.